The molecule has 0 amide bonds. The molecule has 0 saturated carbocycles. The zero-order valence-electron chi connectivity index (χ0n) is 10.1. The molecule has 0 aromatic rings. The lowest BCUT2D eigenvalue weighted by Crippen LogP contribution is -2.22. The minimum Gasteiger partial charge on any atom is -0.353 e. The van der Waals surface area contributed by atoms with Gasteiger partial charge in [-0.15, -0.1) is 0 Å². The Morgan fingerprint density at radius 1 is 1.44 bits per heavy atom. The van der Waals surface area contributed by atoms with Gasteiger partial charge < -0.3 is 18.9 Å². The Balaban J connectivity index is 1.98. The zero-order valence-corrected chi connectivity index (χ0v) is 10.1. The summed E-state index contributed by atoms with van der Waals surface area (Å²) in [6, 6.07) is 0. The SMILES string of the molecule is CCO[C@H]1C[C@H]2C(C(OC)OC)=CC[C@H]2O1. The average Bonchev–Trinajstić information content (AvgIpc) is 2.82. The van der Waals surface area contributed by atoms with E-state index in [2.05, 4.69) is 6.08 Å². The number of hydrogen-bond donors (Lipinski definition) is 0. The Morgan fingerprint density at radius 2 is 2.19 bits per heavy atom. The van der Waals surface area contributed by atoms with Crippen LogP contribution in [0.3, 0.4) is 0 Å². The fraction of sp³-hybridized carbons (Fsp3) is 0.833. The molecule has 1 aliphatic carbocycles. The van der Waals surface area contributed by atoms with Crippen molar-refractivity contribution in [3.63, 3.8) is 0 Å². The van der Waals surface area contributed by atoms with Crippen molar-refractivity contribution in [3.8, 4) is 0 Å². The normalized spacial score (nSPS) is 33.2. The molecule has 4 nitrogen and oxygen atoms in total. The molecule has 16 heavy (non-hydrogen) atoms. The molecule has 1 saturated heterocycles. The molecule has 1 heterocycles. The first-order chi connectivity index (χ1) is 7.80. The predicted octanol–water partition coefficient (Wildman–Crippen LogP) is 1.70. The lowest BCUT2D eigenvalue weighted by molar-refractivity contribution is -0.129. The Kier molecular flexibility index (Phi) is 3.97. The van der Waals surface area contributed by atoms with Crippen molar-refractivity contribution in [3.05, 3.63) is 11.6 Å². The molecule has 0 unspecified atom stereocenters. The summed E-state index contributed by atoms with van der Waals surface area (Å²) in [6.07, 6.45) is 3.98. The van der Waals surface area contributed by atoms with Gasteiger partial charge in [-0.1, -0.05) is 6.08 Å². The quantitative estimate of drug-likeness (QED) is 0.530. The number of ether oxygens (including phenoxy) is 4. The predicted molar refractivity (Wildman–Crippen MR) is 58.9 cm³/mol. The van der Waals surface area contributed by atoms with E-state index in [1.807, 2.05) is 6.92 Å². The van der Waals surface area contributed by atoms with Crippen molar-refractivity contribution in [2.24, 2.45) is 5.92 Å². The van der Waals surface area contributed by atoms with E-state index < -0.39 is 0 Å². The first kappa shape index (κ1) is 12.0. The summed E-state index contributed by atoms with van der Waals surface area (Å²) in [6.45, 7) is 2.68. The van der Waals surface area contributed by atoms with Gasteiger partial charge >= 0.3 is 0 Å². The molecule has 3 atom stereocenters. The lowest BCUT2D eigenvalue weighted by Gasteiger charge is -2.20. The third-order valence-corrected chi connectivity index (χ3v) is 3.29. The van der Waals surface area contributed by atoms with Crippen LogP contribution in [0.4, 0.5) is 0 Å². The smallest absolute Gasteiger partial charge is 0.179 e. The van der Waals surface area contributed by atoms with Gasteiger partial charge in [0.15, 0.2) is 12.6 Å². The van der Waals surface area contributed by atoms with Crippen LogP contribution in [0, 0.1) is 5.92 Å². The highest BCUT2D eigenvalue weighted by Gasteiger charge is 2.42. The van der Waals surface area contributed by atoms with Crippen LogP contribution < -0.4 is 0 Å². The molecular formula is C12H20O4. The standard InChI is InChI=1S/C12H20O4/c1-4-15-11-7-9-8(12(13-2)14-3)5-6-10(9)16-11/h5,9-12H,4,6-7H2,1-3H3/t9-,10+,11+/m0/s1. The van der Waals surface area contributed by atoms with E-state index in [-0.39, 0.29) is 18.7 Å². The van der Waals surface area contributed by atoms with Gasteiger partial charge in [0.1, 0.15) is 0 Å². The van der Waals surface area contributed by atoms with E-state index in [0.29, 0.717) is 12.5 Å². The molecule has 2 rings (SSSR count). The summed E-state index contributed by atoms with van der Waals surface area (Å²) < 4.78 is 21.9. The molecule has 0 N–H and O–H groups in total. The van der Waals surface area contributed by atoms with Gasteiger partial charge in [-0.3, -0.25) is 0 Å². The second-order valence-corrected chi connectivity index (χ2v) is 4.14. The number of rotatable bonds is 5. The number of hydrogen-bond acceptors (Lipinski definition) is 4. The Bertz CT molecular complexity index is 260. The van der Waals surface area contributed by atoms with Crippen molar-refractivity contribution in [2.75, 3.05) is 20.8 Å². The van der Waals surface area contributed by atoms with Crippen LogP contribution in [0.5, 0.6) is 0 Å². The maximum absolute atomic E-state index is 5.81. The summed E-state index contributed by atoms with van der Waals surface area (Å²) >= 11 is 0. The number of methoxy groups -OCH3 is 2. The Hall–Kier alpha value is -0.420. The van der Waals surface area contributed by atoms with Crippen LogP contribution in [0.1, 0.15) is 19.8 Å². The highest BCUT2D eigenvalue weighted by atomic mass is 16.7. The van der Waals surface area contributed by atoms with Crippen molar-refractivity contribution < 1.29 is 18.9 Å². The lowest BCUT2D eigenvalue weighted by atomic mass is 9.97. The van der Waals surface area contributed by atoms with Crippen molar-refractivity contribution in [2.45, 2.75) is 38.4 Å². The van der Waals surface area contributed by atoms with E-state index >= 15 is 0 Å². The van der Waals surface area contributed by atoms with Crippen molar-refractivity contribution in [1.29, 1.82) is 0 Å². The van der Waals surface area contributed by atoms with Gasteiger partial charge in [-0.2, -0.15) is 0 Å². The summed E-state index contributed by atoms with van der Waals surface area (Å²) in [7, 11) is 3.33. The molecular weight excluding hydrogens is 208 g/mol. The van der Waals surface area contributed by atoms with Crippen molar-refractivity contribution >= 4 is 0 Å². The maximum atomic E-state index is 5.81. The topological polar surface area (TPSA) is 36.9 Å². The van der Waals surface area contributed by atoms with Gasteiger partial charge in [-0.25, -0.2) is 0 Å². The molecule has 0 radical (unpaired) electrons. The molecule has 2 aliphatic rings. The van der Waals surface area contributed by atoms with E-state index in [4.69, 9.17) is 18.9 Å². The van der Waals surface area contributed by atoms with E-state index in [1.54, 1.807) is 14.2 Å². The molecule has 1 fully saturated rings. The summed E-state index contributed by atoms with van der Waals surface area (Å²) in [5.74, 6) is 0.390. The van der Waals surface area contributed by atoms with Crippen LogP contribution in [0.25, 0.3) is 0 Å². The van der Waals surface area contributed by atoms with Crippen molar-refractivity contribution in [1.82, 2.24) is 0 Å². The molecule has 1 aliphatic heterocycles. The third kappa shape index (κ3) is 2.15. The Labute approximate surface area is 96.5 Å². The van der Waals surface area contributed by atoms with E-state index in [1.165, 1.54) is 5.57 Å². The summed E-state index contributed by atoms with van der Waals surface area (Å²) in [5, 5.41) is 0. The van der Waals surface area contributed by atoms with Crippen LogP contribution in [0.2, 0.25) is 0 Å². The van der Waals surface area contributed by atoms with Crippen LogP contribution in [0.15, 0.2) is 11.6 Å². The monoisotopic (exact) mass is 228 g/mol. The second kappa shape index (κ2) is 5.27. The largest absolute Gasteiger partial charge is 0.353 e. The van der Waals surface area contributed by atoms with Gasteiger partial charge in [0.2, 0.25) is 0 Å². The first-order valence-corrected chi connectivity index (χ1v) is 5.82. The minimum absolute atomic E-state index is 0.0573. The summed E-state index contributed by atoms with van der Waals surface area (Å²) in [5.41, 5.74) is 1.21. The summed E-state index contributed by atoms with van der Waals surface area (Å²) in [4.78, 5) is 0. The first-order valence-electron chi connectivity index (χ1n) is 5.82. The molecule has 0 aromatic heterocycles. The van der Waals surface area contributed by atoms with Crippen LogP contribution in [-0.4, -0.2) is 39.5 Å². The maximum Gasteiger partial charge on any atom is 0.179 e. The highest BCUT2D eigenvalue weighted by molar-refractivity contribution is 5.20. The van der Waals surface area contributed by atoms with Gasteiger partial charge in [0, 0.05) is 33.2 Å². The molecule has 0 aromatic carbocycles. The van der Waals surface area contributed by atoms with Crippen LogP contribution >= 0.6 is 0 Å². The molecule has 92 valence electrons. The molecule has 4 heteroatoms. The van der Waals surface area contributed by atoms with Gasteiger partial charge in [-0.05, 0) is 18.9 Å². The zero-order chi connectivity index (χ0) is 11.5. The van der Waals surface area contributed by atoms with Gasteiger partial charge in [0.05, 0.1) is 6.10 Å². The molecule has 0 bridgehead atoms. The van der Waals surface area contributed by atoms with Gasteiger partial charge in [0.25, 0.3) is 0 Å². The Morgan fingerprint density at radius 3 is 2.81 bits per heavy atom. The third-order valence-electron chi connectivity index (χ3n) is 3.29. The fourth-order valence-corrected chi connectivity index (χ4v) is 2.61. The van der Waals surface area contributed by atoms with E-state index in [0.717, 1.165) is 12.8 Å². The number of fused-ring (bicyclic) bond motifs is 1. The highest BCUT2D eigenvalue weighted by Crippen LogP contribution is 2.41. The second-order valence-electron chi connectivity index (χ2n) is 4.14. The average molecular weight is 228 g/mol. The fourth-order valence-electron chi connectivity index (χ4n) is 2.61. The minimum atomic E-state index is -0.237. The van der Waals surface area contributed by atoms with E-state index in [9.17, 15) is 0 Å². The van der Waals surface area contributed by atoms with Crippen LogP contribution in [-0.2, 0) is 18.9 Å². The molecule has 0 spiro atoms.